The largest absolute Gasteiger partial charge is 0.102 e. The van der Waals surface area contributed by atoms with Crippen LogP contribution in [-0.4, -0.2) is 6.29 Å². The van der Waals surface area contributed by atoms with Gasteiger partial charge in [0.1, 0.15) is 31.8 Å². The second-order valence-electron chi connectivity index (χ2n) is 10.4. The summed E-state index contributed by atoms with van der Waals surface area (Å²) in [6, 6.07) is 74.8. The van der Waals surface area contributed by atoms with Gasteiger partial charge in [0.25, 0.3) is 0 Å². The van der Waals surface area contributed by atoms with Gasteiger partial charge in [-0.1, -0.05) is 109 Å². The Morgan fingerprint density at radius 1 is 0.375 bits per heavy atom. The van der Waals surface area contributed by atoms with Crippen molar-refractivity contribution in [3.8, 4) is 0 Å². The van der Waals surface area contributed by atoms with Crippen LogP contribution in [0, 0.1) is 6.07 Å². The first-order valence-electron chi connectivity index (χ1n) is 15.4. The molecule has 0 radical (unpaired) electrons. The predicted octanol–water partition coefficient (Wildman–Crippen LogP) is 8.50. The Kier molecular flexibility index (Phi) is 16.9. The smallest absolute Gasteiger partial charge is 0.0620 e. The third kappa shape index (κ3) is 11.7. The maximum atomic E-state index is 9.98. The van der Waals surface area contributed by atoms with Gasteiger partial charge >= 0.3 is 30.6 Å². The summed E-state index contributed by atoms with van der Waals surface area (Å²) in [7, 11) is -1.75. The summed E-state index contributed by atoms with van der Waals surface area (Å²) < 4.78 is 0. The standard InChI is InChI=1S/2C18H15P.C7H5O.BrH.Pd/c2*1-4-10-16(11-5-1)19(17-12-6-2-7-13-17)18-14-8-3-9-15-18;8-6-7-4-2-1-3-5-7;;/h2*1-15H;1-4,6H;1H;/q;;-1;;+2/p+1. The van der Waals surface area contributed by atoms with E-state index in [0.717, 1.165) is 6.29 Å². The van der Waals surface area contributed by atoms with Crippen molar-refractivity contribution in [1.82, 2.24) is 0 Å². The molecule has 1 nitrogen and oxygen atoms in total. The first-order chi connectivity index (χ1) is 23.8. The third-order valence-corrected chi connectivity index (χ3v) is 12.7. The fourth-order valence-corrected chi connectivity index (χ4v) is 10.3. The van der Waals surface area contributed by atoms with Crippen LogP contribution in [0.5, 0.6) is 0 Å². The minimum absolute atomic E-state index is 0.604. The van der Waals surface area contributed by atoms with Crippen molar-refractivity contribution in [1.29, 1.82) is 0 Å². The molecule has 240 valence electrons. The number of rotatable bonds is 7. The Labute approximate surface area is 305 Å². The van der Waals surface area contributed by atoms with E-state index in [-0.39, 0.29) is 0 Å². The van der Waals surface area contributed by atoms with E-state index in [1.165, 1.54) is 31.8 Å². The van der Waals surface area contributed by atoms with E-state index in [9.17, 15) is 4.79 Å². The van der Waals surface area contributed by atoms with Crippen LogP contribution < -0.4 is 31.8 Å². The van der Waals surface area contributed by atoms with Crippen LogP contribution in [0.1, 0.15) is 10.4 Å². The van der Waals surface area contributed by atoms with Gasteiger partial charge in [-0.05, 0) is 72.8 Å². The van der Waals surface area contributed by atoms with Crippen LogP contribution in [0.4, 0.5) is 0 Å². The van der Waals surface area contributed by atoms with Gasteiger partial charge in [-0.15, -0.1) is 35.9 Å². The van der Waals surface area contributed by atoms with Crippen LogP contribution in [0.3, 0.4) is 0 Å². The molecule has 0 aliphatic rings. The third-order valence-electron chi connectivity index (χ3n) is 7.23. The molecule has 0 unspecified atom stereocenters. The van der Waals surface area contributed by atoms with Crippen LogP contribution in [0.15, 0.2) is 206 Å². The molecule has 0 atom stereocenters. The average Bonchev–Trinajstić information content (AvgIpc) is 3.19. The molecular weight excluding hydrogens is 781 g/mol. The maximum Gasteiger partial charge on any atom is 0.102 e. The minimum atomic E-state index is -0.877. The zero-order valence-electron chi connectivity index (χ0n) is 26.3. The maximum absolute atomic E-state index is 9.98. The van der Waals surface area contributed by atoms with Gasteiger partial charge in [-0.2, -0.15) is 0 Å². The molecule has 7 aromatic carbocycles. The van der Waals surface area contributed by atoms with E-state index in [1.807, 2.05) is 6.07 Å². The van der Waals surface area contributed by atoms with Crippen LogP contribution in [-0.2, 0) is 17.2 Å². The predicted molar refractivity (Wildman–Crippen MR) is 213 cm³/mol. The van der Waals surface area contributed by atoms with Crippen LogP contribution in [0.2, 0.25) is 0 Å². The number of hydrogen-bond acceptors (Lipinski definition) is 1. The van der Waals surface area contributed by atoms with Crippen molar-refractivity contribution in [3.05, 3.63) is 218 Å². The number of carbonyl (C=O) groups excluding carboxylic acids is 1. The van der Waals surface area contributed by atoms with Gasteiger partial charge in [0, 0.05) is 0 Å². The molecule has 0 N–H and O–H groups in total. The van der Waals surface area contributed by atoms with Gasteiger partial charge in [-0.3, -0.25) is 0 Å². The summed E-state index contributed by atoms with van der Waals surface area (Å²) in [6.45, 7) is 0. The second-order valence-corrected chi connectivity index (χ2v) is 15.3. The molecule has 7 rings (SSSR count). The summed E-state index contributed by atoms with van der Waals surface area (Å²) in [4.78, 5) is 9.98. The number of halogens is 1. The molecule has 0 aromatic heterocycles. The molecule has 0 saturated heterocycles. The van der Waals surface area contributed by atoms with Gasteiger partial charge in [0.15, 0.2) is 0 Å². The van der Waals surface area contributed by atoms with Crippen molar-refractivity contribution >= 4 is 67.4 Å². The van der Waals surface area contributed by atoms with E-state index < -0.39 is 15.8 Å². The van der Waals surface area contributed by atoms with Crippen LogP contribution in [0.25, 0.3) is 0 Å². The Balaban J connectivity index is 0.000000170. The number of aldehydes is 1. The first-order valence-corrected chi connectivity index (χ1v) is 22.0. The Morgan fingerprint density at radius 2 is 0.604 bits per heavy atom. The number of hydrogen-bond donors (Lipinski definition) is 0. The van der Waals surface area contributed by atoms with Crippen molar-refractivity contribution in [2.24, 2.45) is 0 Å². The van der Waals surface area contributed by atoms with E-state index in [1.54, 1.807) is 18.2 Å². The van der Waals surface area contributed by atoms with Gasteiger partial charge in [0.05, 0.1) is 22.1 Å². The summed E-state index contributed by atoms with van der Waals surface area (Å²) in [5, 5.41) is 8.61. The van der Waals surface area contributed by atoms with E-state index >= 15 is 0 Å². The second kappa shape index (κ2) is 22.0. The minimum Gasteiger partial charge on any atom is -0.0620 e. The molecule has 48 heavy (non-hydrogen) atoms. The number of carbonyl (C=O) groups is 1. The average molecular weight is 818 g/mol. The van der Waals surface area contributed by atoms with Crippen molar-refractivity contribution < 1.29 is 22.0 Å². The Hall–Kier alpha value is -3.79. The molecule has 0 saturated carbocycles. The quantitative estimate of drug-likeness (QED) is 0.0683. The molecule has 0 aliphatic heterocycles. The fraction of sp³-hybridized carbons (Fsp3) is 0. The Bertz CT molecular complexity index is 1520. The molecular formula is C43H37BrOP2Pd+2. The van der Waals surface area contributed by atoms with Crippen molar-refractivity contribution in [3.63, 3.8) is 0 Å². The summed E-state index contributed by atoms with van der Waals surface area (Å²) >= 11 is 5.35. The molecule has 0 amide bonds. The van der Waals surface area contributed by atoms with Crippen molar-refractivity contribution in [2.75, 3.05) is 0 Å². The fourth-order valence-electron chi connectivity index (χ4n) is 5.11. The monoisotopic (exact) mass is 816 g/mol. The molecule has 0 spiro atoms. The molecule has 5 heteroatoms. The Morgan fingerprint density at radius 3 is 0.771 bits per heavy atom. The zero-order chi connectivity index (χ0) is 33.7. The van der Waals surface area contributed by atoms with Crippen molar-refractivity contribution in [2.45, 2.75) is 0 Å². The summed E-state index contributed by atoms with van der Waals surface area (Å²) in [5.41, 5.74) is 0.604. The first kappa shape index (κ1) is 37.0. The topological polar surface area (TPSA) is 17.1 Å². The van der Waals surface area contributed by atoms with E-state index in [2.05, 4.69) is 219 Å². The van der Waals surface area contributed by atoms with E-state index in [0.29, 0.717) is 5.56 Å². The van der Waals surface area contributed by atoms with Gasteiger partial charge in [-0.25, -0.2) is 0 Å². The van der Waals surface area contributed by atoms with E-state index in [4.69, 9.17) is 0 Å². The van der Waals surface area contributed by atoms with Crippen LogP contribution >= 0.6 is 29.3 Å². The SMILES string of the molecule is O=Cc1[c-]cccc1.[Br][Pd+].c1ccc([PH+](c2ccccc2)c2ccccc2)cc1.c1ccc([PH+](c2ccccc2)c2ccccc2)cc1. The molecule has 0 heterocycles. The molecule has 0 fully saturated rings. The molecule has 7 aromatic rings. The molecule has 0 aliphatic carbocycles. The molecule has 0 bridgehead atoms. The summed E-state index contributed by atoms with van der Waals surface area (Å²) in [6.07, 6.45) is 0.778. The normalized spacial score (nSPS) is 9.94. The zero-order valence-corrected chi connectivity index (χ0v) is 31.5. The number of benzene rings is 7. The van der Waals surface area contributed by atoms with Gasteiger partial charge in [0.2, 0.25) is 0 Å². The van der Waals surface area contributed by atoms with Gasteiger partial charge < -0.3 is 4.79 Å². The summed E-state index contributed by atoms with van der Waals surface area (Å²) in [5.74, 6) is 0.